The van der Waals surface area contributed by atoms with Crippen molar-refractivity contribution in [3.8, 4) is 12.3 Å². The molecule has 15 heavy (non-hydrogen) atoms. The zero-order valence-corrected chi connectivity index (χ0v) is 8.24. The summed E-state index contributed by atoms with van der Waals surface area (Å²) in [6.07, 6.45) is 5.31. The molecule has 0 bridgehead atoms. The fourth-order valence-electron chi connectivity index (χ4n) is 1.48. The normalized spacial score (nSPS) is 29.1. The molecule has 75 valence electrons. The van der Waals surface area contributed by atoms with Gasteiger partial charge in [0, 0.05) is 18.7 Å². The van der Waals surface area contributed by atoms with E-state index in [9.17, 15) is 0 Å². The lowest BCUT2D eigenvalue weighted by atomic mass is 9.51. The highest BCUT2D eigenvalue weighted by molar-refractivity contribution is 6.90. The third-order valence-corrected chi connectivity index (χ3v) is 2.15. The lowest BCUT2D eigenvalue weighted by Gasteiger charge is -2.15. The highest BCUT2D eigenvalue weighted by atomic mass is 16.6. The first-order chi connectivity index (χ1) is 7.31. The Bertz CT molecular complexity index is 288. The second-order valence-electron chi connectivity index (χ2n) is 3.11. The van der Waals surface area contributed by atoms with Crippen molar-refractivity contribution in [3.63, 3.8) is 0 Å². The Morgan fingerprint density at radius 2 is 2.60 bits per heavy atom. The van der Waals surface area contributed by atoms with Crippen molar-refractivity contribution in [1.29, 1.82) is 0 Å². The van der Waals surface area contributed by atoms with Crippen LogP contribution < -0.4 is 0 Å². The minimum atomic E-state index is -0.265. The third kappa shape index (κ3) is 3.52. The Morgan fingerprint density at radius 3 is 3.20 bits per heavy atom. The number of hydrogen-bond acceptors (Lipinski definition) is 3. The molecule has 1 aliphatic rings. The fraction of sp³-hybridized carbons (Fsp3) is 0.750. The first-order valence-electron chi connectivity index (χ1n) is 4.58. The zero-order chi connectivity index (χ0) is 11.1. The summed E-state index contributed by atoms with van der Waals surface area (Å²) in [5.41, 5.74) is 8.21. The van der Waals surface area contributed by atoms with Gasteiger partial charge in [0.05, 0.1) is 25.9 Å². The lowest BCUT2D eigenvalue weighted by Crippen LogP contribution is -2.27. The van der Waals surface area contributed by atoms with Crippen LogP contribution in [0.15, 0.2) is 5.11 Å². The summed E-state index contributed by atoms with van der Waals surface area (Å²) in [5.74, 6) is 2.38. The maximum absolute atomic E-state index is 8.21. The molecule has 0 saturated carbocycles. The van der Waals surface area contributed by atoms with Gasteiger partial charge in [0.2, 0.25) is 0 Å². The summed E-state index contributed by atoms with van der Waals surface area (Å²) in [6, 6.07) is -0.160. The number of hydrogen-bond donors (Lipinski definition) is 0. The molecule has 1 fully saturated rings. The molecule has 1 aliphatic heterocycles. The second-order valence-corrected chi connectivity index (χ2v) is 3.11. The summed E-state index contributed by atoms with van der Waals surface area (Å²) in [7, 11) is 6.83. The smallest absolute Gasteiger partial charge is 0.107 e. The maximum Gasteiger partial charge on any atom is 0.107 e. The van der Waals surface area contributed by atoms with Gasteiger partial charge in [-0.15, -0.1) is 6.42 Å². The quantitative estimate of drug-likeness (QED) is 0.210. The van der Waals surface area contributed by atoms with Crippen LogP contribution in [0.1, 0.15) is 6.42 Å². The molecule has 0 amide bonds. The van der Waals surface area contributed by atoms with E-state index >= 15 is 0 Å². The Hall–Kier alpha value is -1.08. The topological polar surface area (TPSA) is 67.2 Å². The molecule has 0 aromatic carbocycles. The summed E-state index contributed by atoms with van der Waals surface area (Å²) in [5, 5.41) is 3.45. The summed E-state index contributed by atoms with van der Waals surface area (Å²) >= 11 is 0. The van der Waals surface area contributed by atoms with Crippen molar-refractivity contribution >= 4 is 14.9 Å². The molecule has 0 spiro atoms. The van der Waals surface area contributed by atoms with E-state index in [1.807, 2.05) is 0 Å². The van der Waals surface area contributed by atoms with Gasteiger partial charge in [0.1, 0.15) is 6.61 Å². The fourth-order valence-corrected chi connectivity index (χ4v) is 1.48. The van der Waals surface area contributed by atoms with Crippen LogP contribution in [-0.2, 0) is 9.47 Å². The predicted octanol–water partition coefficient (Wildman–Crippen LogP) is 0.218. The van der Waals surface area contributed by atoms with Gasteiger partial charge in [0.25, 0.3) is 0 Å². The van der Waals surface area contributed by atoms with Crippen LogP contribution in [0, 0.1) is 12.3 Å². The Morgan fingerprint density at radius 1 is 1.80 bits per heavy atom. The molecule has 1 heterocycles. The molecule has 3 unspecified atom stereocenters. The molecule has 0 N–H and O–H groups in total. The average molecular weight is 202 g/mol. The van der Waals surface area contributed by atoms with Crippen LogP contribution in [-0.4, -0.2) is 46.3 Å². The summed E-state index contributed by atoms with van der Waals surface area (Å²) < 4.78 is 10.9. The van der Waals surface area contributed by atoms with Gasteiger partial charge in [0.15, 0.2) is 0 Å². The van der Waals surface area contributed by atoms with Gasteiger partial charge >= 0.3 is 0 Å². The molecular formula is C8H10B2N3O2. The number of nitrogens with zero attached hydrogens (tertiary/aromatic N) is 3. The number of terminal acetylenes is 1. The van der Waals surface area contributed by atoms with E-state index in [1.54, 1.807) is 0 Å². The Balaban J connectivity index is 2.49. The third-order valence-electron chi connectivity index (χ3n) is 2.15. The maximum atomic E-state index is 8.21. The zero-order valence-electron chi connectivity index (χ0n) is 8.24. The van der Waals surface area contributed by atoms with Gasteiger partial charge in [-0.25, -0.2) is 0 Å². The van der Waals surface area contributed by atoms with Crippen molar-refractivity contribution in [1.82, 2.24) is 0 Å². The van der Waals surface area contributed by atoms with Gasteiger partial charge in [-0.3, -0.25) is 0 Å². The van der Waals surface area contributed by atoms with Gasteiger partial charge in [-0.1, -0.05) is 11.0 Å². The van der Waals surface area contributed by atoms with Crippen LogP contribution in [0.3, 0.4) is 0 Å². The van der Waals surface area contributed by atoms with E-state index in [0.717, 1.165) is 0 Å². The highest BCUT2D eigenvalue weighted by Gasteiger charge is 2.33. The SMILES string of the molecule is [B][B]C1CC(OCC#C)C(CN=[N+]=[N-])O1. The van der Waals surface area contributed by atoms with Crippen molar-refractivity contribution < 1.29 is 9.47 Å². The standard InChI is InChI=1S/C8H10B2N3O2/c1-2-3-14-6-4-8(10-9)15-7(6)5-12-13-11/h1,6-8H,3-5H2. The van der Waals surface area contributed by atoms with Crippen molar-refractivity contribution in [2.75, 3.05) is 13.2 Å². The molecular weight excluding hydrogens is 192 g/mol. The summed E-state index contributed by atoms with van der Waals surface area (Å²) in [4.78, 5) is 2.67. The van der Waals surface area contributed by atoms with E-state index in [-0.39, 0.29) is 31.4 Å². The number of azide groups is 1. The van der Waals surface area contributed by atoms with Gasteiger partial charge < -0.3 is 9.47 Å². The van der Waals surface area contributed by atoms with Crippen molar-refractivity contribution in [2.45, 2.75) is 24.6 Å². The molecule has 0 aliphatic carbocycles. The van der Waals surface area contributed by atoms with Gasteiger partial charge in [-0.05, 0) is 12.0 Å². The van der Waals surface area contributed by atoms with Crippen LogP contribution in [0.25, 0.3) is 10.4 Å². The first-order valence-corrected chi connectivity index (χ1v) is 4.58. The second kappa shape index (κ2) is 6.41. The van der Waals surface area contributed by atoms with Crippen LogP contribution in [0.5, 0.6) is 0 Å². The minimum Gasteiger partial charge on any atom is -0.382 e. The Kier molecular flexibility index (Phi) is 5.13. The minimum absolute atomic E-state index is 0.156. The molecule has 1 saturated heterocycles. The van der Waals surface area contributed by atoms with E-state index in [0.29, 0.717) is 6.42 Å². The van der Waals surface area contributed by atoms with E-state index in [2.05, 4.69) is 15.9 Å². The van der Waals surface area contributed by atoms with Crippen LogP contribution >= 0.6 is 0 Å². The van der Waals surface area contributed by atoms with E-state index in [1.165, 1.54) is 7.17 Å². The summed E-state index contributed by atoms with van der Waals surface area (Å²) in [6.45, 7) is 0.453. The molecule has 7 heteroatoms. The Labute approximate surface area is 90.8 Å². The molecule has 1 rings (SSSR count). The van der Waals surface area contributed by atoms with Crippen LogP contribution in [0.2, 0.25) is 0 Å². The van der Waals surface area contributed by atoms with E-state index < -0.39 is 0 Å². The first kappa shape index (κ1) is 12.0. The average Bonchev–Trinajstić information content (AvgIpc) is 2.66. The van der Waals surface area contributed by atoms with E-state index in [4.69, 9.17) is 29.2 Å². The van der Waals surface area contributed by atoms with Gasteiger partial charge in [-0.2, -0.15) is 0 Å². The van der Waals surface area contributed by atoms with Crippen molar-refractivity contribution in [3.05, 3.63) is 10.4 Å². The monoisotopic (exact) mass is 202 g/mol. The molecule has 0 aromatic rings. The van der Waals surface area contributed by atoms with Crippen LogP contribution in [0.4, 0.5) is 0 Å². The lowest BCUT2D eigenvalue weighted by molar-refractivity contribution is 0.00414. The molecule has 0 aromatic heterocycles. The number of ether oxygens (including phenoxy) is 2. The largest absolute Gasteiger partial charge is 0.382 e. The molecule has 3 radical (unpaired) electrons. The van der Waals surface area contributed by atoms with Crippen molar-refractivity contribution in [2.24, 2.45) is 5.11 Å². The molecule has 5 nitrogen and oxygen atoms in total. The number of rotatable bonds is 5. The molecule has 3 atom stereocenters. The highest BCUT2D eigenvalue weighted by Crippen LogP contribution is 2.22. The predicted molar refractivity (Wildman–Crippen MR) is 57.4 cm³/mol.